The lowest BCUT2D eigenvalue weighted by Crippen LogP contribution is -2.05. The maximum Gasteiger partial charge on any atom is 0.166 e. The first kappa shape index (κ1) is 15.6. The highest BCUT2D eigenvalue weighted by Gasteiger charge is 2.27. The lowest BCUT2D eigenvalue weighted by atomic mass is 10.1. The second-order valence-corrected chi connectivity index (χ2v) is 7.48. The molecule has 2 heteroatoms. The molecule has 0 aliphatic heterocycles. The molecule has 114 valence electrons. The van der Waals surface area contributed by atoms with Gasteiger partial charge in [0.15, 0.2) is 14.7 Å². The zero-order valence-electron chi connectivity index (χ0n) is 13.1. The molecule has 23 heavy (non-hydrogen) atoms. The molecule has 0 atom stereocenters. The Kier molecular flexibility index (Phi) is 4.94. The van der Waals surface area contributed by atoms with E-state index in [1.165, 1.54) is 14.7 Å². The predicted octanol–water partition coefficient (Wildman–Crippen LogP) is 4.91. The van der Waals surface area contributed by atoms with Crippen LogP contribution in [0.2, 0.25) is 0 Å². The molecule has 0 aromatic heterocycles. The van der Waals surface area contributed by atoms with E-state index >= 15 is 0 Å². The molecule has 0 aliphatic rings. The molecular weight excluding hydrogens is 300 g/mol. The van der Waals surface area contributed by atoms with E-state index in [1.54, 1.807) is 6.92 Å². The van der Waals surface area contributed by atoms with Crippen molar-refractivity contribution in [3.8, 4) is 0 Å². The van der Waals surface area contributed by atoms with Crippen LogP contribution in [0.5, 0.6) is 0 Å². The van der Waals surface area contributed by atoms with E-state index in [0.29, 0.717) is 6.42 Å². The van der Waals surface area contributed by atoms with Crippen molar-refractivity contribution in [3.05, 3.63) is 90.5 Å². The number of rotatable bonds is 5. The number of benzene rings is 3. The van der Waals surface area contributed by atoms with Crippen LogP contribution in [0.15, 0.2) is 99.6 Å². The number of carbonyl (C=O) groups is 1. The smallest absolute Gasteiger partial charge is 0.166 e. The van der Waals surface area contributed by atoms with E-state index < -0.39 is 0 Å². The van der Waals surface area contributed by atoms with Crippen LogP contribution in [-0.2, 0) is 22.1 Å². The molecule has 0 amide bonds. The maximum atomic E-state index is 11.3. The largest absolute Gasteiger partial charge is 0.300 e. The van der Waals surface area contributed by atoms with E-state index in [0.717, 1.165) is 5.56 Å². The molecule has 0 unspecified atom stereocenters. The summed E-state index contributed by atoms with van der Waals surface area (Å²) >= 11 is 0. The highest BCUT2D eigenvalue weighted by Crippen LogP contribution is 2.31. The first-order valence-electron chi connectivity index (χ1n) is 7.67. The summed E-state index contributed by atoms with van der Waals surface area (Å²) in [4.78, 5) is 15.2. The van der Waals surface area contributed by atoms with E-state index in [-0.39, 0.29) is 16.7 Å². The average Bonchev–Trinajstić information content (AvgIpc) is 2.58. The molecule has 0 heterocycles. The summed E-state index contributed by atoms with van der Waals surface area (Å²) in [6, 6.07) is 29.6. The van der Waals surface area contributed by atoms with Crippen molar-refractivity contribution in [2.24, 2.45) is 0 Å². The summed E-state index contributed by atoms with van der Waals surface area (Å²) in [5.74, 6) is 0.197. The van der Waals surface area contributed by atoms with Crippen LogP contribution in [0.25, 0.3) is 0 Å². The third-order valence-electron chi connectivity index (χ3n) is 3.57. The summed E-state index contributed by atoms with van der Waals surface area (Å²) < 4.78 is 0. The summed E-state index contributed by atoms with van der Waals surface area (Å²) in [5, 5.41) is 0. The lowest BCUT2D eigenvalue weighted by molar-refractivity contribution is -0.116. The fourth-order valence-electron chi connectivity index (χ4n) is 2.55. The molecule has 3 rings (SSSR count). The van der Waals surface area contributed by atoms with Crippen molar-refractivity contribution in [3.63, 3.8) is 0 Å². The van der Waals surface area contributed by atoms with Crippen LogP contribution in [0.1, 0.15) is 12.5 Å². The minimum atomic E-state index is -0.121. The summed E-state index contributed by atoms with van der Waals surface area (Å²) in [6.07, 6.45) is 0.505. The summed E-state index contributed by atoms with van der Waals surface area (Å²) in [7, 11) is -0.121. The fourth-order valence-corrected chi connectivity index (χ4v) is 4.64. The van der Waals surface area contributed by atoms with Gasteiger partial charge in [-0.2, -0.15) is 0 Å². The zero-order chi connectivity index (χ0) is 16.1. The molecule has 0 aliphatic carbocycles. The molecule has 3 aromatic carbocycles. The number of carbonyl (C=O) groups excluding carboxylic acids is 1. The van der Waals surface area contributed by atoms with Gasteiger partial charge in [-0.15, -0.1) is 0 Å². The maximum absolute atomic E-state index is 11.3. The highest BCUT2D eigenvalue weighted by molar-refractivity contribution is 7.97. The Morgan fingerprint density at radius 2 is 1.13 bits per heavy atom. The molecular formula is C21H19OS+. The van der Waals surface area contributed by atoms with Gasteiger partial charge in [-0.05, 0) is 48.9 Å². The van der Waals surface area contributed by atoms with Gasteiger partial charge in [0.25, 0.3) is 0 Å². The molecule has 0 fully saturated rings. The van der Waals surface area contributed by atoms with Crippen LogP contribution in [-0.4, -0.2) is 5.78 Å². The summed E-state index contributed by atoms with van der Waals surface area (Å²) in [6.45, 7) is 1.63. The molecule has 0 bridgehead atoms. The third kappa shape index (κ3) is 3.91. The predicted molar refractivity (Wildman–Crippen MR) is 95.9 cm³/mol. The van der Waals surface area contributed by atoms with Crippen molar-refractivity contribution < 1.29 is 4.79 Å². The Morgan fingerprint density at radius 3 is 1.57 bits per heavy atom. The van der Waals surface area contributed by atoms with E-state index in [1.807, 2.05) is 12.1 Å². The van der Waals surface area contributed by atoms with Crippen LogP contribution < -0.4 is 0 Å². The number of hydrogen-bond donors (Lipinski definition) is 0. The standard InChI is InChI=1S/C21H19OS/c1-17(22)16-18-12-14-21(15-13-18)23(19-8-4-2-5-9-19)20-10-6-3-7-11-20/h2-15H,16H2,1H3/q+1. The molecule has 0 N–H and O–H groups in total. The average molecular weight is 319 g/mol. The lowest BCUT2D eigenvalue weighted by Gasteiger charge is -2.08. The molecule has 1 nitrogen and oxygen atoms in total. The second-order valence-electron chi connectivity index (χ2n) is 5.46. The van der Waals surface area contributed by atoms with Crippen molar-refractivity contribution in [2.75, 3.05) is 0 Å². The van der Waals surface area contributed by atoms with Crippen LogP contribution in [0.3, 0.4) is 0 Å². The molecule has 0 saturated heterocycles. The van der Waals surface area contributed by atoms with E-state index in [9.17, 15) is 4.79 Å². The van der Waals surface area contributed by atoms with Crippen molar-refractivity contribution in [1.29, 1.82) is 0 Å². The minimum absolute atomic E-state index is 0.121. The van der Waals surface area contributed by atoms with Gasteiger partial charge >= 0.3 is 0 Å². The van der Waals surface area contributed by atoms with Gasteiger partial charge in [-0.25, -0.2) is 0 Å². The van der Waals surface area contributed by atoms with Gasteiger partial charge in [-0.3, -0.25) is 4.79 Å². The first-order chi connectivity index (χ1) is 11.2. The molecule has 0 saturated carbocycles. The summed E-state index contributed by atoms with van der Waals surface area (Å²) in [5.41, 5.74) is 1.07. The Balaban J connectivity index is 2.00. The molecule has 0 radical (unpaired) electrons. The van der Waals surface area contributed by atoms with Gasteiger partial charge < -0.3 is 0 Å². The van der Waals surface area contributed by atoms with Gasteiger partial charge in [0.05, 0.1) is 10.9 Å². The van der Waals surface area contributed by atoms with Crippen molar-refractivity contribution in [1.82, 2.24) is 0 Å². The Morgan fingerprint density at radius 1 is 0.696 bits per heavy atom. The van der Waals surface area contributed by atoms with Crippen LogP contribution in [0.4, 0.5) is 0 Å². The van der Waals surface area contributed by atoms with Crippen molar-refractivity contribution in [2.45, 2.75) is 28.0 Å². The quantitative estimate of drug-likeness (QED) is 0.610. The van der Waals surface area contributed by atoms with E-state index in [2.05, 4.69) is 72.8 Å². The third-order valence-corrected chi connectivity index (χ3v) is 5.80. The minimum Gasteiger partial charge on any atom is -0.300 e. The molecule has 3 aromatic rings. The van der Waals surface area contributed by atoms with E-state index in [4.69, 9.17) is 0 Å². The topological polar surface area (TPSA) is 17.1 Å². The monoisotopic (exact) mass is 319 g/mol. The normalized spacial score (nSPS) is 10.7. The number of Topliss-reactive ketones (excluding diaryl/α,β-unsaturated/α-hetero) is 1. The second kappa shape index (κ2) is 7.30. The Labute approximate surface area is 140 Å². The molecule has 0 spiro atoms. The fraction of sp³-hybridized carbons (Fsp3) is 0.0952. The van der Waals surface area contributed by atoms with Gasteiger partial charge in [0, 0.05) is 6.42 Å². The highest BCUT2D eigenvalue weighted by atomic mass is 32.2. The Bertz CT molecular complexity index is 724. The van der Waals surface area contributed by atoms with Gasteiger partial charge in [-0.1, -0.05) is 48.5 Å². The first-order valence-corrected chi connectivity index (χ1v) is 8.89. The number of ketones is 1. The zero-order valence-corrected chi connectivity index (χ0v) is 13.9. The van der Waals surface area contributed by atoms with Crippen LogP contribution >= 0.6 is 0 Å². The van der Waals surface area contributed by atoms with Gasteiger partial charge in [0.2, 0.25) is 0 Å². The van der Waals surface area contributed by atoms with Crippen LogP contribution in [0, 0.1) is 0 Å². The number of hydrogen-bond acceptors (Lipinski definition) is 1. The van der Waals surface area contributed by atoms with Gasteiger partial charge in [0.1, 0.15) is 5.78 Å². The SMILES string of the molecule is CC(=O)Cc1ccc([S+](c2ccccc2)c2ccccc2)cc1. The Hall–Kier alpha value is -2.32. The van der Waals surface area contributed by atoms with Crippen molar-refractivity contribution >= 4 is 16.7 Å².